The van der Waals surface area contributed by atoms with Crippen LogP contribution in [0.1, 0.15) is 5.76 Å². The molecule has 0 saturated carbocycles. The SMILES string of the molecule is O=C(COc1ccc(-[s+]2c3ccccc3c3ccccc32)cc1)OCc1ccc(I)o1. The Morgan fingerprint density at radius 3 is 2.10 bits per heavy atom. The second kappa shape index (κ2) is 8.72. The number of benzene rings is 3. The molecule has 3 aromatic carbocycles. The number of carbonyl (C=O) groups is 1. The molecule has 0 amide bonds. The van der Waals surface area contributed by atoms with Crippen molar-refractivity contribution in [1.82, 2.24) is 0 Å². The molecule has 2 aromatic heterocycles. The van der Waals surface area contributed by atoms with Crippen molar-refractivity contribution in [2.45, 2.75) is 6.61 Å². The average molecular weight is 541 g/mol. The summed E-state index contributed by atoms with van der Waals surface area (Å²) < 4.78 is 19.6. The quantitative estimate of drug-likeness (QED) is 0.131. The summed E-state index contributed by atoms with van der Waals surface area (Å²) in [7, 11) is -0.142. The van der Waals surface area contributed by atoms with Crippen LogP contribution in [-0.2, 0) is 16.1 Å². The van der Waals surface area contributed by atoms with E-state index in [0.717, 1.165) is 3.77 Å². The van der Waals surface area contributed by atoms with Gasteiger partial charge in [0.05, 0.1) is 0 Å². The smallest absolute Gasteiger partial charge is 0.344 e. The minimum atomic E-state index is -0.434. The predicted octanol–water partition coefficient (Wildman–Crippen LogP) is 7.05. The van der Waals surface area contributed by atoms with Crippen LogP contribution in [0.4, 0.5) is 0 Å². The Bertz CT molecular complexity index is 1310. The highest BCUT2D eigenvalue weighted by atomic mass is 127. The summed E-state index contributed by atoms with van der Waals surface area (Å²) in [6, 6.07) is 28.7. The first kappa shape index (κ1) is 20.1. The molecule has 0 radical (unpaired) electrons. The fraction of sp³-hybridized carbons (Fsp3) is 0.0800. The summed E-state index contributed by atoms with van der Waals surface area (Å²) in [5.41, 5.74) is 0. The summed E-state index contributed by atoms with van der Waals surface area (Å²) in [4.78, 5) is 13.2. The number of fused-ring (bicyclic) bond motifs is 3. The third kappa shape index (κ3) is 4.18. The monoisotopic (exact) mass is 541 g/mol. The van der Waals surface area contributed by atoms with Crippen molar-refractivity contribution in [2.24, 2.45) is 0 Å². The first-order chi connectivity index (χ1) is 15.2. The van der Waals surface area contributed by atoms with Crippen LogP contribution in [-0.4, -0.2) is 12.6 Å². The number of esters is 1. The van der Waals surface area contributed by atoms with Gasteiger partial charge in [-0.15, -0.1) is 0 Å². The standard InChI is InChI=1S/C25H18IO4S/c26-24-14-11-18(30-24)15-29-25(27)16-28-17-9-12-19(13-10-17)31-22-7-3-1-5-20(22)21-6-2-4-8-23(21)31/h1-14H,15-16H2/q+1. The Balaban J connectivity index is 1.31. The predicted molar refractivity (Wildman–Crippen MR) is 132 cm³/mol. The molecular formula is C25H18IO4S+. The van der Waals surface area contributed by atoms with Crippen LogP contribution in [0.5, 0.6) is 5.75 Å². The van der Waals surface area contributed by atoms with Crippen LogP contribution in [0.25, 0.3) is 25.1 Å². The molecule has 5 aromatic rings. The summed E-state index contributed by atoms with van der Waals surface area (Å²) in [6.45, 7) is -0.0414. The number of hydrogen-bond acceptors (Lipinski definition) is 4. The average Bonchev–Trinajstić information content (AvgIpc) is 3.37. The lowest BCUT2D eigenvalue weighted by molar-refractivity contribution is -0.147. The van der Waals surface area contributed by atoms with Crippen molar-refractivity contribution in [2.75, 3.05) is 6.61 Å². The van der Waals surface area contributed by atoms with Crippen LogP contribution in [0, 0.1) is 3.77 Å². The van der Waals surface area contributed by atoms with Gasteiger partial charge in [0, 0.05) is 33.4 Å². The minimum absolute atomic E-state index is 0.103. The third-order valence-electron chi connectivity index (χ3n) is 4.92. The van der Waals surface area contributed by atoms with Crippen molar-refractivity contribution < 1.29 is 18.7 Å². The fourth-order valence-corrected chi connectivity index (χ4v) is 6.38. The van der Waals surface area contributed by atoms with Gasteiger partial charge >= 0.3 is 5.97 Å². The first-order valence-electron chi connectivity index (χ1n) is 9.74. The van der Waals surface area contributed by atoms with Gasteiger partial charge in [0.1, 0.15) is 18.1 Å². The van der Waals surface area contributed by atoms with E-state index in [1.54, 1.807) is 6.07 Å². The number of ether oxygens (including phenoxy) is 2. The molecule has 0 saturated heterocycles. The molecular weight excluding hydrogens is 523 g/mol. The molecule has 0 unspecified atom stereocenters. The number of rotatable bonds is 6. The lowest BCUT2D eigenvalue weighted by atomic mass is 10.2. The number of hydrogen-bond donors (Lipinski definition) is 0. The Kier molecular flexibility index (Phi) is 5.65. The second-order valence-corrected chi connectivity index (χ2v) is 9.95. The lowest BCUT2D eigenvalue weighted by Gasteiger charge is -2.06. The van der Waals surface area contributed by atoms with Crippen molar-refractivity contribution in [3.63, 3.8) is 0 Å². The summed E-state index contributed by atoms with van der Waals surface area (Å²) in [6.07, 6.45) is 0. The van der Waals surface area contributed by atoms with Crippen molar-refractivity contribution in [3.05, 3.63) is 94.5 Å². The highest BCUT2D eigenvalue weighted by molar-refractivity contribution is 14.1. The van der Waals surface area contributed by atoms with Gasteiger partial charge in [-0.3, -0.25) is 0 Å². The molecule has 6 heteroatoms. The van der Waals surface area contributed by atoms with E-state index >= 15 is 0 Å². The molecule has 0 spiro atoms. The van der Waals surface area contributed by atoms with E-state index < -0.39 is 5.97 Å². The Morgan fingerprint density at radius 2 is 1.48 bits per heavy atom. The Hall–Kier alpha value is -2.84. The van der Waals surface area contributed by atoms with Gasteiger partial charge in [0.2, 0.25) is 0 Å². The molecule has 31 heavy (non-hydrogen) atoms. The van der Waals surface area contributed by atoms with Crippen molar-refractivity contribution in [1.29, 1.82) is 0 Å². The van der Waals surface area contributed by atoms with Crippen molar-refractivity contribution in [3.8, 4) is 10.6 Å². The van der Waals surface area contributed by atoms with Crippen LogP contribution >= 0.6 is 33.1 Å². The third-order valence-corrected chi connectivity index (χ3v) is 7.84. The minimum Gasteiger partial charge on any atom is -0.482 e. The van der Waals surface area contributed by atoms with E-state index in [2.05, 4.69) is 83.3 Å². The molecule has 0 aliphatic heterocycles. The van der Waals surface area contributed by atoms with Crippen molar-refractivity contribution >= 4 is 59.2 Å². The van der Waals surface area contributed by atoms with Gasteiger partial charge in [-0.1, -0.05) is 24.3 Å². The van der Waals surface area contributed by atoms with E-state index in [4.69, 9.17) is 13.9 Å². The molecule has 4 nitrogen and oxygen atoms in total. The van der Waals surface area contributed by atoms with E-state index in [1.807, 2.05) is 18.2 Å². The van der Waals surface area contributed by atoms with Gasteiger partial charge in [-0.05, 0) is 71.1 Å². The zero-order chi connectivity index (χ0) is 21.2. The van der Waals surface area contributed by atoms with Gasteiger partial charge in [0.15, 0.2) is 24.7 Å². The van der Waals surface area contributed by atoms with Crippen LogP contribution in [0.15, 0.2) is 89.3 Å². The first-order valence-corrected chi connectivity index (χ1v) is 12.0. The maximum absolute atomic E-state index is 12.0. The largest absolute Gasteiger partial charge is 0.482 e. The molecule has 0 atom stereocenters. The van der Waals surface area contributed by atoms with Crippen LogP contribution in [0.2, 0.25) is 0 Å². The van der Waals surface area contributed by atoms with Gasteiger partial charge in [0.25, 0.3) is 0 Å². The Morgan fingerprint density at radius 1 is 0.839 bits per heavy atom. The number of halogens is 1. The molecule has 5 rings (SSSR count). The molecule has 0 bridgehead atoms. The molecule has 0 N–H and O–H groups in total. The highest BCUT2D eigenvalue weighted by Crippen LogP contribution is 2.48. The highest BCUT2D eigenvalue weighted by Gasteiger charge is 2.22. The fourth-order valence-electron chi connectivity index (χ4n) is 3.54. The number of thiophene rings is 1. The molecule has 154 valence electrons. The summed E-state index contributed by atoms with van der Waals surface area (Å²) >= 11 is 2.07. The topological polar surface area (TPSA) is 48.7 Å². The lowest BCUT2D eigenvalue weighted by Crippen LogP contribution is -2.14. The summed E-state index contributed by atoms with van der Waals surface area (Å²) in [5, 5.41) is 2.60. The van der Waals surface area contributed by atoms with Crippen LogP contribution < -0.4 is 4.74 Å². The van der Waals surface area contributed by atoms with E-state index in [9.17, 15) is 4.79 Å². The second-order valence-electron chi connectivity index (χ2n) is 6.93. The normalized spacial score (nSPS) is 11.1. The van der Waals surface area contributed by atoms with Gasteiger partial charge < -0.3 is 13.9 Å². The van der Waals surface area contributed by atoms with E-state index in [0.29, 0.717) is 11.5 Å². The molecule has 2 heterocycles. The van der Waals surface area contributed by atoms with E-state index in [1.165, 1.54) is 25.1 Å². The molecule has 0 fully saturated rings. The number of furan rings is 1. The number of carbonyl (C=O) groups excluding carboxylic acids is 1. The molecule has 0 aliphatic rings. The zero-order valence-corrected chi connectivity index (χ0v) is 19.4. The summed E-state index contributed by atoms with van der Waals surface area (Å²) in [5.74, 6) is 0.814. The van der Waals surface area contributed by atoms with Gasteiger partial charge in [-0.25, -0.2) is 4.79 Å². The van der Waals surface area contributed by atoms with E-state index in [-0.39, 0.29) is 23.7 Å². The van der Waals surface area contributed by atoms with Crippen LogP contribution in [0.3, 0.4) is 0 Å². The van der Waals surface area contributed by atoms with Gasteiger partial charge in [-0.2, -0.15) is 0 Å². The Labute approximate surface area is 195 Å². The maximum atomic E-state index is 12.0. The molecule has 0 aliphatic carbocycles. The zero-order valence-electron chi connectivity index (χ0n) is 16.4. The maximum Gasteiger partial charge on any atom is 0.344 e.